The van der Waals surface area contributed by atoms with Crippen LogP contribution in [0.15, 0.2) is 24.3 Å². The van der Waals surface area contributed by atoms with Gasteiger partial charge < -0.3 is 15.8 Å². The number of para-hydroxylation sites is 1. The van der Waals surface area contributed by atoms with Crippen molar-refractivity contribution in [2.45, 2.75) is 18.9 Å². The average molecular weight is 257 g/mol. The van der Waals surface area contributed by atoms with Gasteiger partial charge in [-0.1, -0.05) is 18.2 Å². The van der Waals surface area contributed by atoms with Crippen LogP contribution < -0.4 is 15.8 Å². The molecule has 5 heteroatoms. The fourth-order valence-electron chi connectivity index (χ4n) is 1.85. The van der Waals surface area contributed by atoms with Gasteiger partial charge in [0.15, 0.2) is 0 Å². The molecule has 0 aliphatic carbocycles. The maximum Gasteiger partial charge on any atom is 0.221 e. The van der Waals surface area contributed by atoms with Crippen LogP contribution in [0.3, 0.4) is 0 Å². The summed E-state index contributed by atoms with van der Waals surface area (Å²) in [4.78, 5) is 11.4. The number of ether oxygens (including phenoxy) is 1. The first-order valence-electron chi connectivity index (χ1n) is 5.49. The van der Waals surface area contributed by atoms with Gasteiger partial charge in [-0.3, -0.25) is 4.79 Å². The first-order chi connectivity index (χ1) is 7.79. The fraction of sp³-hybridized carbons (Fsp3) is 0.417. The molecule has 17 heavy (non-hydrogen) atoms. The lowest BCUT2D eigenvalue weighted by Gasteiger charge is -2.25. The number of amides is 1. The van der Waals surface area contributed by atoms with E-state index in [9.17, 15) is 4.79 Å². The van der Waals surface area contributed by atoms with Crippen molar-refractivity contribution in [2.24, 2.45) is 5.73 Å². The highest BCUT2D eigenvalue weighted by Gasteiger charge is 2.20. The molecule has 1 amide bonds. The lowest BCUT2D eigenvalue weighted by Crippen LogP contribution is -2.43. The van der Waals surface area contributed by atoms with Crippen molar-refractivity contribution in [1.29, 1.82) is 0 Å². The van der Waals surface area contributed by atoms with Gasteiger partial charge in [0, 0.05) is 13.0 Å². The Balaban J connectivity index is 0.00000144. The van der Waals surface area contributed by atoms with E-state index in [4.69, 9.17) is 10.5 Å². The zero-order valence-corrected chi connectivity index (χ0v) is 10.3. The third-order valence-corrected chi connectivity index (χ3v) is 2.62. The van der Waals surface area contributed by atoms with Crippen LogP contribution in [0, 0.1) is 0 Å². The zero-order valence-electron chi connectivity index (χ0n) is 9.52. The molecule has 0 bridgehead atoms. The standard InChI is InChI=1S/C12H16N2O2.ClH/c13-6-5-12(15)14-10-7-9-3-1-2-4-11(9)16-8-10;/h1-4,10H,5-8,13H2,(H,14,15);1H. The molecule has 0 fully saturated rings. The molecule has 94 valence electrons. The SMILES string of the molecule is Cl.NCCC(=O)NC1COc2ccccc2C1. The molecule has 1 aromatic carbocycles. The number of carbonyl (C=O) groups is 1. The number of hydrogen-bond donors (Lipinski definition) is 2. The summed E-state index contributed by atoms with van der Waals surface area (Å²) in [5.41, 5.74) is 6.46. The van der Waals surface area contributed by atoms with E-state index in [1.807, 2.05) is 24.3 Å². The average Bonchev–Trinajstić information content (AvgIpc) is 2.29. The number of hydrogen-bond acceptors (Lipinski definition) is 3. The summed E-state index contributed by atoms with van der Waals surface area (Å²) in [6.07, 6.45) is 1.20. The summed E-state index contributed by atoms with van der Waals surface area (Å²) in [5.74, 6) is 0.919. The lowest BCUT2D eigenvalue weighted by molar-refractivity contribution is -0.121. The molecule has 4 nitrogen and oxygen atoms in total. The molecule has 0 aromatic heterocycles. The van der Waals surface area contributed by atoms with Crippen LogP contribution in [0.1, 0.15) is 12.0 Å². The smallest absolute Gasteiger partial charge is 0.221 e. The second-order valence-electron chi connectivity index (χ2n) is 3.93. The molecule has 3 N–H and O–H groups in total. The van der Waals surface area contributed by atoms with E-state index in [-0.39, 0.29) is 24.4 Å². The summed E-state index contributed by atoms with van der Waals surface area (Å²) in [5, 5.41) is 2.92. The molecule has 0 saturated heterocycles. The van der Waals surface area contributed by atoms with Crippen molar-refractivity contribution in [1.82, 2.24) is 5.32 Å². The minimum Gasteiger partial charge on any atom is -0.491 e. The van der Waals surface area contributed by atoms with E-state index < -0.39 is 0 Å². The van der Waals surface area contributed by atoms with E-state index in [2.05, 4.69) is 5.32 Å². The van der Waals surface area contributed by atoms with Crippen LogP contribution in [0.5, 0.6) is 5.75 Å². The number of nitrogens with one attached hydrogen (secondary N) is 1. The van der Waals surface area contributed by atoms with Crippen molar-refractivity contribution in [3.05, 3.63) is 29.8 Å². The van der Waals surface area contributed by atoms with Crippen LogP contribution in [0.2, 0.25) is 0 Å². The fourth-order valence-corrected chi connectivity index (χ4v) is 1.85. The molecule has 1 aliphatic heterocycles. The van der Waals surface area contributed by atoms with Crippen molar-refractivity contribution in [2.75, 3.05) is 13.2 Å². The van der Waals surface area contributed by atoms with Crippen molar-refractivity contribution in [3.63, 3.8) is 0 Å². The first-order valence-corrected chi connectivity index (χ1v) is 5.49. The molecule has 1 atom stereocenters. The molecule has 1 unspecified atom stereocenters. The Morgan fingerprint density at radius 1 is 1.47 bits per heavy atom. The predicted molar refractivity (Wildman–Crippen MR) is 68.5 cm³/mol. The summed E-state index contributed by atoms with van der Waals surface area (Å²) < 4.78 is 5.57. The van der Waals surface area contributed by atoms with E-state index in [1.54, 1.807) is 0 Å². The van der Waals surface area contributed by atoms with Gasteiger partial charge in [0.1, 0.15) is 12.4 Å². The van der Waals surface area contributed by atoms with Crippen LogP contribution in [0.25, 0.3) is 0 Å². The number of nitrogens with two attached hydrogens (primary N) is 1. The predicted octanol–water partition coefficient (Wildman–Crippen LogP) is 0.877. The lowest BCUT2D eigenvalue weighted by atomic mass is 10.0. The Labute approximate surface area is 107 Å². The maximum absolute atomic E-state index is 11.4. The normalized spacial score (nSPS) is 17.4. The molecule has 1 aromatic rings. The van der Waals surface area contributed by atoms with Gasteiger partial charge in [-0.15, -0.1) is 12.4 Å². The summed E-state index contributed by atoms with van der Waals surface area (Å²) >= 11 is 0. The van der Waals surface area contributed by atoms with Crippen LogP contribution in [-0.2, 0) is 11.2 Å². The van der Waals surface area contributed by atoms with Gasteiger partial charge in [0.05, 0.1) is 6.04 Å². The number of fused-ring (bicyclic) bond motifs is 1. The Hall–Kier alpha value is -1.26. The molecule has 0 spiro atoms. The molecular weight excluding hydrogens is 240 g/mol. The number of carbonyl (C=O) groups excluding carboxylic acids is 1. The molecule has 1 heterocycles. The largest absolute Gasteiger partial charge is 0.491 e. The highest BCUT2D eigenvalue weighted by Crippen LogP contribution is 2.23. The minimum absolute atomic E-state index is 0. The zero-order chi connectivity index (χ0) is 11.4. The van der Waals surface area contributed by atoms with E-state index in [0.29, 0.717) is 19.6 Å². The summed E-state index contributed by atoms with van der Waals surface area (Å²) in [7, 11) is 0. The third-order valence-electron chi connectivity index (χ3n) is 2.62. The summed E-state index contributed by atoms with van der Waals surface area (Å²) in [6, 6.07) is 7.97. The third kappa shape index (κ3) is 3.61. The minimum atomic E-state index is -0.00418. The molecule has 2 rings (SSSR count). The summed E-state index contributed by atoms with van der Waals surface area (Å²) in [6.45, 7) is 0.920. The van der Waals surface area contributed by atoms with Crippen LogP contribution >= 0.6 is 12.4 Å². The van der Waals surface area contributed by atoms with Gasteiger partial charge in [-0.05, 0) is 18.1 Å². The van der Waals surface area contributed by atoms with Crippen molar-refractivity contribution >= 4 is 18.3 Å². The second kappa shape index (κ2) is 6.47. The van der Waals surface area contributed by atoms with Crippen molar-refractivity contribution in [3.8, 4) is 5.75 Å². The number of halogens is 1. The molecule has 0 saturated carbocycles. The monoisotopic (exact) mass is 256 g/mol. The molecule has 1 aliphatic rings. The topological polar surface area (TPSA) is 64.4 Å². The maximum atomic E-state index is 11.4. The van der Waals surface area contributed by atoms with Gasteiger partial charge >= 0.3 is 0 Å². The molecule has 0 radical (unpaired) electrons. The quantitative estimate of drug-likeness (QED) is 0.844. The number of benzene rings is 1. The molecular formula is C12H17ClN2O2. The van der Waals surface area contributed by atoms with Crippen LogP contribution in [-0.4, -0.2) is 25.1 Å². The van der Waals surface area contributed by atoms with E-state index in [0.717, 1.165) is 17.7 Å². The Kier molecular flexibility index (Phi) is 5.25. The van der Waals surface area contributed by atoms with Gasteiger partial charge in [-0.2, -0.15) is 0 Å². The Bertz CT molecular complexity index is 385. The highest BCUT2D eigenvalue weighted by atomic mass is 35.5. The van der Waals surface area contributed by atoms with E-state index in [1.165, 1.54) is 0 Å². The second-order valence-corrected chi connectivity index (χ2v) is 3.93. The van der Waals surface area contributed by atoms with Crippen LogP contribution in [0.4, 0.5) is 0 Å². The van der Waals surface area contributed by atoms with Gasteiger partial charge in [0.2, 0.25) is 5.91 Å². The number of rotatable bonds is 3. The highest BCUT2D eigenvalue weighted by molar-refractivity contribution is 5.85. The Morgan fingerprint density at radius 3 is 3.00 bits per heavy atom. The Morgan fingerprint density at radius 2 is 2.24 bits per heavy atom. The van der Waals surface area contributed by atoms with E-state index >= 15 is 0 Å². The van der Waals surface area contributed by atoms with Gasteiger partial charge in [-0.25, -0.2) is 0 Å². The van der Waals surface area contributed by atoms with Crippen molar-refractivity contribution < 1.29 is 9.53 Å². The first kappa shape index (κ1) is 13.8. The van der Waals surface area contributed by atoms with Gasteiger partial charge in [0.25, 0.3) is 0 Å².